The molecule has 0 bridgehead atoms. The molecular weight excluding hydrogens is 397 g/mol. The fourth-order valence-electron chi connectivity index (χ4n) is 2.76. The fraction of sp³-hybridized carbons (Fsp3) is 0.286. The SMILES string of the molecule is COc1cccc(S(=O)(=O)c2sc(CC(C)(C)C)nc2-c2ccccc2F)c1. The maximum Gasteiger partial charge on any atom is 0.218 e. The van der Waals surface area contributed by atoms with E-state index in [1.165, 1.54) is 25.3 Å². The van der Waals surface area contributed by atoms with Crippen molar-refractivity contribution in [1.29, 1.82) is 0 Å². The molecule has 0 radical (unpaired) electrons. The molecule has 0 fully saturated rings. The van der Waals surface area contributed by atoms with Crippen molar-refractivity contribution >= 4 is 21.2 Å². The van der Waals surface area contributed by atoms with Gasteiger partial charge in [-0.05, 0) is 35.7 Å². The van der Waals surface area contributed by atoms with Crippen molar-refractivity contribution in [3.05, 3.63) is 59.4 Å². The van der Waals surface area contributed by atoms with Gasteiger partial charge in [-0.3, -0.25) is 0 Å². The highest BCUT2D eigenvalue weighted by atomic mass is 32.2. The third-order valence-electron chi connectivity index (χ3n) is 4.05. The van der Waals surface area contributed by atoms with Crippen LogP contribution in [0.15, 0.2) is 57.6 Å². The highest BCUT2D eigenvalue weighted by Crippen LogP contribution is 2.39. The van der Waals surface area contributed by atoms with Crippen molar-refractivity contribution in [2.24, 2.45) is 5.41 Å². The fourth-order valence-corrected chi connectivity index (χ4v) is 6.04. The summed E-state index contributed by atoms with van der Waals surface area (Å²) in [6, 6.07) is 12.4. The topological polar surface area (TPSA) is 56.3 Å². The minimum atomic E-state index is -3.89. The summed E-state index contributed by atoms with van der Waals surface area (Å²) in [7, 11) is -2.42. The number of methoxy groups -OCH3 is 1. The summed E-state index contributed by atoms with van der Waals surface area (Å²) in [5.41, 5.74) is 0.256. The molecule has 1 heterocycles. The number of thiazole rings is 1. The molecule has 0 aliphatic rings. The van der Waals surface area contributed by atoms with Gasteiger partial charge in [-0.25, -0.2) is 17.8 Å². The van der Waals surface area contributed by atoms with Crippen LogP contribution in [0.4, 0.5) is 4.39 Å². The molecule has 0 spiro atoms. The third kappa shape index (κ3) is 4.25. The molecule has 0 atom stereocenters. The smallest absolute Gasteiger partial charge is 0.218 e. The summed E-state index contributed by atoms with van der Waals surface area (Å²) in [6.45, 7) is 6.15. The lowest BCUT2D eigenvalue weighted by Gasteiger charge is -2.15. The molecule has 28 heavy (non-hydrogen) atoms. The summed E-state index contributed by atoms with van der Waals surface area (Å²) in [5.74, 6) is -0.0647. The first-order chi connectivity index (χ1) is 13.1. The van der Waals surface area contributed by atoms with Crippen molar-refractivity contribution in [2.45, 2.75) is 36.3 Å². The predicted molar refractivity (Wildman–Crippen MR) is 109 cm³/mol. The van der Waals surface area contributed by atoms with Crippen molar-refractivity contribution in [3.8, 4) is 17.0 Å². The first kappa shape index (κ1) is 20.5. The van der Waals surface area contributed by atoms with E-state index in [1.54, 1.807) is 30.3 Å². The van der Waals surface area contributed by atoms with Crippen molar-refractivity contribution in [2.75, 3.05) is 7.11 Å². The minimum Gasteiger partial charge on any atom is -0.497 e. The molecule has 1 aromatic heterocycles. The van der Waals surface area contributed by atoms with Gasteiger partial charge in [0.2, 0.25) is 9.84 Å². The van der Waals surface area contributed by atoms with E-state index >= 15 is 0 Å². The summed E-state index contributed by atoms with van der Waals surface area (Å²) >= 11 is 1.10. The molecule has 0 N–H and O–H groups in total. The van der Waals surface area contributed by atoms with Gasteiger partial charge in [0, 0.05) is 12.0 Å². The lowest BCUT2D eigenvalue weighted by molar-refractivity contribution is 0.410. The highest BCUT2D eigenvalue weighted by molar-refractivity contribution is 7.93. The van der Waals surface area contributed by atoms with Crippen LogP contribution in [-0.4, -0.2) is 20.5 Å². The van der Waals surface area contributed by atoms with Gasteiger partial charge < -0.3 is 4.74 Å². The Morgan fingerprint density at radius 2 is 1.82 bits per heavy atom. The summed E-state index contributed by atoms with van der Waals surface area (Å²) < 4.78 is 46.4. The number of nitrogens with zero attached hydrogens (tertiary/aromatic N) is 1. The van der Waals surface area contributed by atoms with Crippen LogP contribution >= 0.6 is 11.3 Å². The number of halogens is 1. The first-order valence-corrected chi connectivity index (χ1v) is 11.1. The van der Waals surface area contributed by atoms with Gasteiger partial charge in [0.05, 0.1) is 17.0 Å². The molecule has 0 aliphatic carbocycles. The molecule has 4 nitrogen and oxygen atoms in total. The van der Waals surface area contributed by atoms with Gasteiger partial charge in [0.1, 0.15) is 17.3 Å². The Kier molecular flexibility index (Phi) is 5.59. The average molecular weight is 420 g/mol. The number of hydrogen-bond donors (Lipinski definition) is 0. The summed E-state index contributed by atoms with van der Waals surface area (Å²) in [4.78, 5) is 4.62. The Balaban J connectivity index is 2.22. The van der Waals surface area contributed by atoms with Gasteiger partial charge in [0.25, 0.3) is 0 Å². The number of sulfone groups is 1. The molecule has 3 rings (SSSR count). The minimum absolute atomic E-state index is 0.0464. The van der Waals surface area contributed by atoms with Crippen LogP contribution in [-0.2, 0) is 16.3 Å². The second-order valence-corrected chi connectivity index (χ2v) is 10.9. The van der Waals surface area contributed by atoms with Crippen LogP contribution in [0.5, 0.6) is 5.75 Å². The standard InChI is InChI=1S/C21H22FNO3S2/c1-21(2,3)13-18-23-19(16-10-5-6-11-17(16)22)20(27-18)28(24,25)15-9-7-8-14(12-15)26-4/h5-12H,13H2,1-4H3. The van der Waals surface area contributed by atoms with Gasteiger partial charge in [-0.1, -0.05) is 39.0 Å². The number of benzene rings is 2. The van der Waals surface area contributed by atoms with E-state index in [4.69, 9.17) is 4.74 Å². The molecule has 2 aromatic carbocycles. The maximum absolute atomic E-state index is 14.5. The Hall–Kier alpha value is -2.25. The lowest BCUT2D eigenvalue weighted by Crippen LogP contribution is -2.08. The molecule has 0 saturated carbocycles. The zero-order valence-electron chi connectivity index (χ0n) is 16.2. The van der Waals surface area contributed by atoms with E-state index in [2.05, 4.69) is 4.98 Å². The van der Waals surface area contributed by atoms with Crippen LogP contribution < -0.4 is 4.74 Å². The van der Waals surface area contributed by atoms with E-state index in [0.717, 1.165) is 11.3 Å². The molecule has 3 aromatic rings. The largest absolute Gasteiger partial charge is 0.497 e. The third-order valence-corrected chi connectivity index (χ3v) is 7.36. The Bertz CT molecular complexity index is 1100. The van der Waals surface area contributed by atoms with Crippen LogP contribution in [0.2, 0.25) is 0 Å². The van der Waals surface area contributed by atoms with Crippen LogP contribution in [0, 0.1) is 11.2 Å². The van der Waals surface area contributed by atoms with E-state index in [9.17, 15) is 12.8 Å². The second kappa shape index (κ2) is 7.64. The Morgan fingerprint density at radius 1 is 1.11 bits per heavy atom. The first-order valence-electron chi connectivity index (χ1n) is 8.75. The zero-order chi connectivity index (χ0) is 20.5. The van der Waals surface area contributed by atoms with Gasteiger partial charge in [-0.2, -0.15) is 0 Å². The molecule has 7 heteroatoms. The van der Waals surface area contributed by atoms with E-state index in [1.807, 2.05) is 20.8 Å². The van der Waals surface area contributed by atoms with E-state index in [0.29, 0.717) is 17.2 Å². The number of ether oxygens (including phenoxy) is 1. The molecule has 0 amide bonds. The summed E-state index contributed by atoms with van der Waals surface area (Å²) in [5, 5.41) is 0.659. The number of rotatable bonds is 5. The van der Waals surface area contributed by atoms with Crippen LogP contribution in [0.1, 0.15) is 25.8 Å². The Labute approximate surface area is 168 Å². The average Bonchev–Trinajstić information content (AvgIpc) is 3.04. The maximum atomic E-state index is 14.5. The van der Waals surface area contributed by atoms with Crippen molar-refractivity contribution in [1.82, 2.24) is 4.98 Å². The molecule has 0 aliphatic heterocycles. The number of hydrogen-bond acceptors (Lipinski definition) is 5. The van der Waals surface area contributed by atoms with Gasteiger partial charge in [-0.15, -0.1) is 11.3 Å². The van der Waals surface area contributed by atoms with Crippen LogP contribution in [0.25, 0.3) is 11.3 Å². The monoisotopic (exact) mass is 419 g/mol. The molecule has 0 saturated heterocycles. The van der Waals surface area contributed by atoms with E-state index < -0.39 is 15.7 Å². The lowest BCUT2D eigenvalue weighted by atomic mass is 9.93. The number of aromatic nitrogens is 1. The van der Waals surface area contributed by atoms with Gasteiger partial charge in [0.15, 0.2) is 4.21 Å². The quantitative estimate of drug-likeness (QED) is 0.557. The zero-order valence-corrected chi connectivity index (χ0v) is 17.8. The second-order valence-electron chi connectivity index (χ2n) is 7.64. The normalized spacial score (nSPS) is 12.2. The predicted octanol–water partition coefficient (Wildman–Crippen LogP) is 5.38. The van der Waals surface area contributed by atoms with Crippen molar-refractivity contribution in [3.63, 3.8) is 0 Å². The molecule has 148 valence electrons. The Morgan fingerprint density at radius 3 is 2.46 bits per heavy atom. The van der Waals surface area contributed by atoms with E-state index in [-0.39, 0.29) is 25.8 Å². The van der Waals surface area contributed by atoms with Gasteiger partial charge >= 0.3 is 0 Å². The van der Waals surface area contributed by atoms with Crippen LogP contribution in [0.3, 0.4) is 0 Å². The molecule has 0 unspecified atom stereocenters. The summed E-state index contributed by atoms with van der Waals surface area (Å²) in [6.07, 6.45) is 0.590. The highest BCUT2D eigenvalue weighted by Gasteiger charge is 2.29. The molecular formula is C21H22FNO3S2. The van der Waals surface area contributed by atoms with Crippen molar-refractivity contribution < 1.29 is 17.5 Å².